The van der Waals surface area contributed by atoms with Crippen LogP contribution in [0.1, 0.15) is 23.2 Å². The Morgan fingerprint density at radius 1 is 1.35 bits per heavy atom. The second-order valence-electron chi connectivity index (χ2n) is 5.49. The van der Waals surface area contributed by atoms with Gasteiger partial charge in [0.1, 0.15) is 5.82 Å². The third kappa shape index (κ3) is 4.97. The number of primary amides is 1. The summed E-state index contributed by atoms with van der Waals surface area (Å²) in [6, 6.07) is 2.10. The minimum atomic E-state index is -4.21. The molecular weight excluding hydrogens is 338 g/mol. The number of hydrogen-bond acceptors (Lipinski definition) is 3. The van der Waals surface area contributed by atoms with Crippen LogP contribution in [0.4, 0.5) is 23.2 Å². The van der Waals surface area contributed by atoms with Gasteiger partial charge in [-0.25, -0.2) is 4.39 Å². The summed E-state index contributed by atoms with van der Waals surface area (Å²) in [6.45, 7) is -0.351. The Kier molecular flexibility index (Phi) is 5.36. The van der Waals surface area contributed by atoms with E-state index in [1.54, 1.807) is 0 Å². The molecule has 0 radical (unpaired) electrons. The van der Waals surface area contributed by atoms with E-state index in [4.69, 9.17) is 17.3 Å². The van der Waals surface area contributed by atoms with Gasteiger partial charge in [0.15, 0.2) is 0 Å². The Labute approximate surface area is 135 Å². The number of rotatable bonds is 4. The summed E-state index contributed by atoms with van der Waals surface area (Å²) in [5.74, 6) is -1.71. The molecule has 4 nitrogen and oxygen atoms in total. The first-order valence-corrected chi connectivity index (χ1v) is 7.38. The van der Waals surface area contributed by atoms with Gasteiger partial charge in [0.05, 0.1) is 22.8 Å². The van der Waals surface area contributed by atoms with E-state index < -0.39 is 24.4 Å². The number of halogens is 5. The number of alkyl halides is 3. The Hall–Kier alpha value is -1.54. The van der Waals surface area contributed by atoms with Crippen molar-refractivity contribution in [1.82, 2.24) is 4.90 Å². The van der Waals surface area contributed by atoms with E-state index in [0.717, 1.165) is 12.1 Å². The van der Waals surface area contributed by atoms with Crippen molar-refractivity contribution >= 4 is 23.2 Å². The summed E-state index contributed by atoms with van der Waals surface area (Å²) in [5.41, 5.74) is 5.02. The zero-order valence-electron chi connectivity index (χ0n) is 12.1. The Balaban J connectivity index is 1.97. The first kappa shape index (κ1) is 17.8. The van der Waals surface area contributed by atoms with Gasteiger partial charge in [-0.3, -0.25) is 9.69 Å². The number of likely N-dealkylation sites (tertiary alicyclic amines) is 1. The highest BCUT2D eigenvalue weighted by Crippen LogP contribution is 2.28. The molecule has 1 saturated heterocycles. The molecule has 23 heavy (non-hydrogen) atoms. The molecule has 0 aliphatic carbocycles. The van der Waals surface area contributed by atoms with Crippen molar-refractivity contribution < 1.29 is 22.4 Å². The average molecular weight is 354 g/mol. The largest absolute Gasteiger partial charge is 0.401 e. The van der Waals surface area contributed by atoms with Crippen LogP contribution in [-0.2, 0) is 0 Å². The standard InChI is InChI=1S/C14H16ClF4N3O/c15-10-5-9(13(20)23)11(16)6-12(10)21-8-1-3-22(4-2-8)7-14(17,18)19/h5-6,8,21H,1-4,7H2,(H2,20,23). The number of nitrogens with one attached hydrogen (secondary N) is 1. The van der Waals surface area contributed by atoms with E-state index in [1.807, 2.05) is 0 Å². The quantitative estimate of drug-likeness (QED) is 0.818. The number of amides is 1. The van der Waals surface area contributed by atoms with Gasteiger partial charge in [0.25, 0.3) is 5.91 Å². The summed E-state index contributed by atoms with van der Waals surface area (Å²) in [7, 11) is 0. The number of carbonyl (C=O) groups excluding carboxylic acids is 1. The fourth-order valence-corrected chi connectivity index (χ4v) is 2.77. The SMILES string of the molecule is NC(=O)c1cc(Cl)c(NC2CCN(CC(F)(F)F)CC2)cc1F. The number of benzene rings is 1. The molecule has 0 unspecified atom stereocenters. The molecule has 1 heterocycles. The van der Waals surface area contributed by atoms with Gasteiger partial charge in [0.2, 0.25) is 0 Å². The third-order valence-corrected chi connectivity index (χ3v) is 3.98. The van der Waals surface area contributed by atoms with Crippen LogP contribution in [0.5, 0.6) is 0 Å². The lowest BCUT2D eigenvalue weighted by Crippen LogP contribution is -2.43. The molecule has 9 heteroatoms. The fourth-order valence-electron chi connectivity index (χ4n) is 2.56. The van der Waals surface area contributed by atoms with Crippen LogP contribution in [0.3, 0.4) is 0 Å². The second-order valence-corrected chi connectivity index (χ2v) is 5.89. The van der Waals surface area contributed by atoms with Gasteiger partial charge < -0.3 is 11.1 Å². The Bertz CT molecular complexity index is 586. The number of anilines is 1. The van der Waals surface area contributed by atoms with Crippen LogP contribution in [0, 0.1) is 5.82 Å². The molecule has 1 fully saturated rings. The van der Waals surface area contributed by atoms with Crippen LogP contribution in [0.25, 0.3) is 0 Å². The lowest BCUT2D eigenvalue weighted by atomic mass is 10.0. The highest BCUT2D eigenvalue weighted by molar-refractivity contribution is 6.33. The smallest absolute Gasteiger partial charge is 0.381 e. The summed E-state index contributed by atoms with van der Waals surface area (Å²) >= 11 is 5.98. The molecule has 1 amide bonds. The molecule has 0 atom stereocenters. The number of hydrogen-bond donors (Lipinski definition) is 2. The van der Waals surface area contributed by atoms with E-state index >= 15 is 0 Å². The first-order chi connectivity index (χ1) is 10.7. The molecule has 128 valence electrons. The predicted molar refractivity (Wildman–Crippen MR) is 79.1 cm³/mol. The van der Waals surface area contributed by atoms with E-state index in [-0.39, 0.29) is 29.7 Å². The van der Waals surface area contributed by atoms with Crippen LogP contribution in [0.15, 0.2) is 12.1 Å². The number of nitrogens with two attached hydrogens (primary N) is 1. The van der Waals surface area contributed by atoms with Crippen LogP contribution >= 0.6 is 11.6 Å². The zero-order chi connectivity index (χ0) is 17.2. The van der Waals surface area contributed by atoms with Crippen LogP contribution in [0.2, 0.25) is 5.02 Å². The summed E-state index contributed by atoms with van der Waals surface area (Å²) in [5, 5.41) is 3.14. The molecule has 3 N–H and O–H groups in total. The maximum atomic E-state index is 13.8. The Morgan fingerprint density at radius 2 is 1.96 bits per heavy atom. The van der Waals surface area contributed by atoms with Gasteiger partial charge in [0, 0.05) is 19.1 Å². The minimum Gasteiger partial charge on any atom is -0.381 e. The molecule has 2 rings (SSSR count). The van der Waals surface area contributed by atoms with Crippen molar-refractivity contribution in [2.45, 2.75) is 25.1 Å². The summed E-state index contributed by atoms with van der Waals surface area (Å²) < 4.78 is 50.7. The first-order valence-electron chi connectivity index (χ1n) is 7.00. The van der Waals surface area contributed by atoms with Crippen molar-refractivity contribution in [2.24, 2.45) is 5.73 Å². The van der Waals surface area contributed by atoms with Crippen molar-refractivity contribution in [3.63, 3.8) is 0 Å². The number of piperidine rings is 1. The molecule has 0 spiro atoms. The molecular formula is C14H16ClF4N3O. The van der Waals surface area contributed by atoms with E-state index in [1.165, 1.54) is 4.90 Å². The normalized spacial score (nSPS) is 17.3. The van der Waals surface area contributed by atoms with Crippen molar-refractivity contribution in [1.29, 1.82) is 0 Å². The van der Waals surface area contributed by atoms with Gasteiger partial charge in [-0.05, 0) is 25.0 Å². The van der Waals surface area contributed by atoms with Crippen LogP contribution < -0.4 is 11.1 Å². The topological polar surface area (TPSA) is 58.4 Å². The third-order valence-electron chi connectivity index (χ3n) is 3.67. The number of carbonyl (C=O) groups is 1. The van der Waals surface area contributed by atoms with Gasteiger partial charge in [-0.2, -0.15) is 13.2 Å². The molecule has 0 aromatic heterocycles. The van der Waals surface area contributed by atoms with Crippen LogP contribution in [-0.4, -0.2) is 42.7 Å². The molecule has 0 bridgehead atoms. The molecule has 1 aromatic carbocycles. The maximum absolute atomic E-state index is 13.8. The maximum Gasteiger partial charge on any atom is 0.401 e. The van der Waals surface area contributed by atoms with Crippen molar-refractivity contribution in [3.05, 3.63) is 28.5 Å². The van der Waals surface area contributed by atoms with E-state index in [9.17, 15) is 22.4 Å². The summed E-state index contributed by atoms with van der Waals surface area (Å²) in [6.07, 6.45) is -3.26. The average Bonchev–Trinajstić information content (AvgIpc) is 2.42. The fraction of sp³-hybridized carbons (Fsp3) is 0.500. The van der Waals surface area contributed by atoms with E-state index in [2.05, 4.69) is 5.32 Å². The lowest BCUT2D eigenvalue weighted by Gasteiger charge is -2.33. The highest BCUT2D eigenvalue weighted by Gasteiger charge is 2.32. The zero-order valence-corrected chi connectivity index (χ0v) is 12.8. The highest BCUT2D eigenvalue weighted by atomic mass is 35.5. The number of nitrogens with zero attached hydrogens (tertiary/aromatic N) is 1. The van der Waals surface area contributed by atoms with Gasteiger partial charge in [-0.1, -0.05) is 11.6 Å². The molecule has 1 aliphatic rings. The summed E-state index contributed by atoms with van der Waals surface area (Å²) in [4.78, 5) is 12.4. The van der Waals surface area contributed by atoms with Crippen molar-refractivity contribution in [3.8, 4) is 0 Å². The minimum absolute atomic E-state index is 0.115. The molecule has 1 aromatic rings. The second kappa shape index (κ2) is 6.92. The lowest BCUT2D eigenvalue weighted by molar-refractivity contribution is -0.147. The molecule has 1 aliphatic heterocycles. The molecule has 0 saturated carbocycles. The van der Waals surface area contributed by atoms with E-state index in [0.29, 0.717) is 18.5 Å². The Morgan fingerprint density at radius 3 is 2.48 bits per heavy atom. The predicted octanol–water partition coefficient (Wildman–Crippen LogP) is 3.02. The monoisotopic (exact) mass is 353 g/mol. The van der Waals surface area contributed by atoms with Crippen molar-refractivity contribution in [2.75, 3.05) is 25.0 Å². The van der Waals surface area contributed by atoms with Gasteiger partial charge >= 0.3 is 6.18 Å². The van der Waals surface area contributed by atoms with Gasteiger partial charge in [-0.15, -0.1) is 0 Å².